The monoisotopic (exact) mass is 413 g/mol. The van der Waals surface area contributed by atoms with E-state index in [-0.39, 0.29) is 12.3 Å². The van der Waals surface area contributed by atoms with Crippen molar-refractivity contribution in [3.05, 3.63) is 78.5 Å². The Morgan fingerprint density at radius 2 is 1.61 bits per heavy atom. The molecular formula is C24H23N5O2. The topological polar surface area (TPSA) is 72.3 Å². The van der Waals surface area contributed by atoms with Crippen molar-refractivity contribution in [2.75, 3.05) is 36.5 Å². The van der Waals surface area contributed by atoms with Crippen molar-refractivity contribution >= 4 is 28.3 Å². The molecule has 156 valence electrons. The SMILES string of the molecule is O=C(Cc1cn(-c2ccc(N3CCOCC3)nn2)c2ccccc12)Nc1ccccc1. The van der Waals surface area contributed by atoms with E-state index in [2.05, 4.69) is 20.4 Å². The summed E-state index contributed by atoms with van der Waals surface area (Å²) in [6.07, 6.45) is 2.26. The van der Waals surface area contributed by atoms with Crippen molar-refractivity contribution in [1.82, 2.24) is 14.8 Å². The van der Waals surface area contributed by atoms with Gasteiger partial charge in [-0.25, -0.2) is 0 Å². The fourth-order valence-corrected chi connectivity index (χ4v) is 3.89. The van der Waals surface area contributed by atoms with Crippen molar-refractivity contribution in [3.63, 3.8) is 0 Å². The van der Waals surface area contributed by atoms with Crippen LogP contribution in [-0.4, -0.2) is 47.0 Å². The molecule has 1 fully saturated rings. The molecule has 0 spiro atoms. The Balaban J connectivity index is 1.41. The first-order chi connectivity index (χ1) is 15.3. The van der Waals surface area contributed by atoms with Crippen LogP contribution < -0.4 is 10.2 Å². The number of morpholine rings is 1. The number of para-hydroxylation sites is 2. The molecule has 1 aliphatic heterocycles. The van der Waals surface area contributed by atoms with E-state index < -0.39 is 0 Å². The molecular weight excluding hydrogens is 390 g/mol. The standard InChI is InChI=1S/C24H23N5O2/c30-24(25-19-6-2-1-3-7-19)16-18-17-29(21-9-5-4-8-20(18)21)23-11-10-22(26-27-23)28-12-14-31-15-13-28/h1-11,17H,12-16H2,(H,25,30). The maximum atomic E-state index is 12.6. The maximum Gasteiger partial charge on any atom is 0.228 e. The van der Waals surface area contributed by atoms with E-state index in [1.165, 1.54) is 0 Å². The van der Waals surface area contributed by atoms with Crippen LogP contribution in [0.2, 0.25) is 0 Å². The van der Waals surface area contributed by atoms with Crippen LogP contribution in [0.25, 0.3) is 16.7 Å². The molecule has 31 heavy (non-hydrogen) atoms. The van der Waals surface area contributed by atoms with Gasteiger partial charge in [-0.15, -0.1) is 10.2 Å². The van der Waals surface area contributed by atoms with E-state index in [0.29, 0.717) is 13.2 Å². The summed E-state index contributed by atoms with van der Waals surface area (Å²) in [6, 6.07) is 21.5. The summed E-state index contributed by atoms with van der Waals surface area (Å²) >= 11 is 0. The Kier molecular flexibility index (Phi) is 5.33. The number of fused-ring (bicyclic) bond motifs is 1. The van der Waals surface area contributed by atoms with Gasteiger partial charge in [-0.05, 0) is 35.9 Å². The summed E-state index contributed by atoms with van der Waals surface area (Å²) in [5.41, 5.74) is 2.74. The summed E-state index contributed by atoms with van der Waals surface area (Å²) in [7, 11) is 0. The minimum atomic E-state index is -0.0529. The number of hydrogen-bond donors (Lipinski definition) is 1. The fourth-order valence-electron chi connectivity index (χ4n) is 3.89. The van der Waals surface area contributed by atoms with Crippen LogP contribution in [0.4, 0.5) is 11.5 Å². The van der Waals surface area contributed by atoms with Gasteiger partial charge in [-0.1, -0.05) is 36.4 Å². The van der Waals surface area contributed by atoms with E-state index in [9.17, 15) is 4.79 Å². The van der Waals surface area contributed by atoms with Crippen LogP contribution in [0.3, 0.4) is 0 Å². The lowest BCUT2D eigenvalue weighted by Crippen LogP contribution is -2.36. The quantitative estimate of drug-likeness (QED) is 0.543. The van der Waals surface area contributed by atoms with Crippen molar-refractivity contribution < 1.29 is 9.53 Å². The van der Waals surface area contributed by atoms with Gasteiger partial charge in [0, 0.05) is 30.4 Å². The lowest BCUT2D eigenvalue weighted by molar-refractivity contribution is -0.115. The molecule has 1 amide bonds. The zero-order valence-corrected chi connectivity index (χ0v) is 17.1. The number of aromatic nitrogens is 3. The van der Waals surface area contributed by atoms with E-state index in [4.69, 9.17) is 4.74 Å². The second kappa shape index (κ2) is 8.57. The summed E-state index contributed by atoms with van der Waals surface area (Å²) < 4.78 is 7.40. The predicted octanol–water partition coefficient (Wildman–Crippen LogP) is 3.44. The number of rotatable bonds is 5. The molecule has 0 saturated carbocycles. The van der Waals surface area contributed by atoms with Gasteiger partial charge < -0.3 is 15.0 Å². The number of nitrogens with one attached hydrogen (secondary N) is 1. The number of benzene rings is 2. The Labute approximate surface area is 180 Å². The number of anilines is 2. The van der Waals surface area contributed by atoms with Crippen molar-refractivity contribution in [2.24, 2.45) is 0 Å². The normalized spacial score (nSPS) is 14.0. The molecule has 0 atom stereocenters. The first-order valence-corrected chi connectivity index (χ1v) is 10.4. The van der Waals surface area contributed by atoms with E-state index in [1.807, 2.05) is 77.5 Å². The number of carbonyl (C=O) groups excluding carboxylic acids is 1. The highest BCUT2D eigenvalue weighted by molar-refractivity contribution is 5.96. The summed E-state index contributed by atoms with van der Waals surface area (Å²) in [5.74, 6) is 1.52. The van der Waals surface area contributed by atoms with Gasteiger partial charge in [0.05, 0.1) is 25.2 Å². The molecule has 0 bridgehead atoms. The van der Waals surface area contributed by atoms with Crippen LogP contribution >= 0.6 is 0 Å². The maximum absolute atomic E-state index is 12.6. The van der Waals surface area contributed by atoms with Crippen LogP contribution in [-0.2, 0) is 16.0 Å². The Bertz CT molecular complexity index is 1180. The molecule has 5 rings (SSSR count). The molecule has 2 aromatic heterocycles. The van der Waals surface area contributed by atoms with Crippen LogP contribution in [0, 0.1) is 0 Å². The molecule has 1 saturated heterocycles. The van der Waals surface area contributed by atoms with Crippen molar-refractivity contribution in [2.45, 2.75) is 6.42 Å². The fraction of sp³-hybridized carbons (Fsp3) is 0.208. The highest BCUT2D eigenvalue weighted by atomic mass is 16.5. The average Bonchev–Trinajstić information content (AvgIpc) is 3.19. The van der Waals surface area contributed by atoms with Crippen LogP contribution in [0.15, 0.2) is 72.9 Å². The summed E-state index contributed by atoms with van der Waals surface area (Å²) in [4.78, 5) is 14.8. The van der Waals surface area contributed by atoms with Crippen molar-refractivity contribution in [3.8, 4) is 5.82 Å². The van der Waals surface area contributed by atoms with E-state index >= 15 is 0 Å². The largest absolute Gasteiger partial charge is 0.378 e. The second-order valence-corrected chi connectivity index (χ2v) is 7.48. The third kappa shape index (κ3) is 4.13. The molecule has 7 heteroatoms. The molecule has 7 nitrogen and oxygen atoms in total. The lowest BCUT2D eigenvalue weighted by atomic mass is 10.1. The summed E-state index contributed by atoms with van der Waals surface area (Å²) in [6.45, 7) is 3.06. The Morgan fingerprint density at radius 3 is 2.39 bits per heavy atom. The van der Waals surface area contributed by atoms with Gasteiger partial charge >= 0.3 is 0 Å². The lowest BCUT2D eigenvalue weighted by Gasteiger charge is -2.27. The Morgan fingerprint density at radius 1 is 0.903 bits per heavy atom. The minimum Gasteiger partial charge on any atom is -0.378 e. The first kappa shape index (κ1) is 19.3. The zero-order valence-electron chi connectivity index (χ0n) is 17.1. The Hall–Kier alpha value is -3.71. The van der Waals surface area contributed by atoms with Gasteiger partial charge in [0.2, 0.25) is 5.91 Å². The summed E-state index contributed by atoms with van der Waals surface area (Å²) in [5, 5.41) is 12.9. The first-order valence-electron chi connectivity index (χ1n) is 10.4. The molecule has 0 aliphatic carbocycles. The van der Waals surface area contributed by atoms with Crippen molar-refractivity contribution in [1.29, 1.82) is 0 Å². The third-order valence-corrected chi connectivity index (χ3v) is 5.42. The zero-order chi connectivity index (χ0) is 21.0. The molecule has 1 aliphatic rings. The van der Waals surface area contributed by atoms with Gasteiger partial charge in [0.25, 0.3) is 0 Å². The van der Waals surface area contributed by atoms with Gasteiger partial charge in [0.15, 0.2) is 11.6 Å². The highest BCUT2D eigenvalue weighted by Crippen LogP contribution is 2.25. The highest BCUT2D eigenvalue weighted by Gasteiger charge is 2.16. The molecule has 1 N–H and O–H groups in total. The molecule has 0 radical (unpaired) electrons. The number of nitrogens with zero attached hydrogens (tertiary/aromatic N) is 4. The number of carbonyl (C=O) groups is 1. The number of hydrogen-bond acceptors (Lipinski definition) is 5. The van der Waals surface area contributed by atoms with Crippen LogP contribution in [0.1, 0.15) is 5.56 Å². The molecule has 0 unspecified atom stereocenters. The smallest absolute Gasteiger partial charge is 0.228 e. The van der Waals surface area contributed by atoms with Crippen LogP contribution in [0.5, 0.6) is 0 Å². The average molecular weight is 413 g/mol. The van der Waals surface area contributed by atoms with Gasteiger partial charge in [-0.2, -0.15) is 0 Å². The molecule has 2 aromatic carbocycles. The molecule has 3 heterocycles. The third-order valence-electron chi connectivity index (χ3n) is 5.42. The predicted molar refractivity (Wildman–Crippen MR) is 121 cm³/mol. The van der Waals surface area contributed by atoms with E-state index in [0.717, 1.165) is 46.9 Å². The number of ether oxygens (including phenoxy) is 1. The van der Waals surface area contributed by atoms with Gasteiger partial charge in [0.1, 0.15) is 0 Å². The van der Waals surface area contributed by atoms with Gasteiger partial charge in [-0.3, -0.25) is 9.36 Å². The molecule has 4 aromatic rings. The van der Waals surface area contributed by atoms with E-state index in [1.54, 1.807) is 0 Å². The minimum absolute atomic E-state index is 0.0529. The number of amides is 1. The second-order valence-electron chi connectivity index (χ2n) is 7.48.